The van der Waals surface area contributed by atoms with Gasteiger partial charge < -0.3 is 25.8 Å². The van der Waals surface area contributed by atoms with Crippen molar-refractivity contribution < 1.29 is 27.9 Å². The summed E-state index contributed by atoms with van der Waals surface area (Å²) in [6.07, 6.45) is -0.346. The zero-order chi connectivity index (χ0) is 35.3. The molecule has 0 radical (unpaired) electrons. The lowest BCUT2D eigenvalue weighted by atomic mass is 9.99. The Morgan fingerprint density at radius 2 is 1.76 bits per heavy atom. The number of nitrogens with one attached hydrogen (secondary N) is 2. The summed E-state index contributed by atoms with van der Waals surface area (Å²) in [5.74, 6) is -0.385. The molecular formula is C37H43N5O6S. The summed E-state index contributed by atoms with van der Waals surface area (Å²) in [4.78, 5) is 30.4. The molecule has 49 heavy (non-hydrogen) atoms. The van der Waals surface area contributed by atoms with E-state index in [0.29, 0.717) is 42.3 Å². The number of para-hydroxylation sites is 2. The molecule has 3 atom stereocenters. The van der Waals surface area contributed by atoms with Crippen LogP contribution in [0.2, 0.25) is 0 Å². The number of hydrogen-bond donors (Lipinski definition) is 4. The van der Waals surface area contributed by atoms with Crippen LogP contribution in [0.4, 0.5) is 17.1 Å². The van der Waals surface area contributed by atoms with E-state index in [-0.39, 0.29) is 46.6 Å². The summed E-state index contributed by atoms with van der Waals surface area (Å²) < 4.78 is 35.3. The largest absolute Gasteiger partial charge is 0.488 e. The highest BCUT2D eigenvalue weighted by molar-refractivity contribution is 7.92. The number of amides is 2. The van der Waals surface area contributed by atoms with Gasteiger partial charge in [-0.05, 0) is 81.1 Å². The number of nitrogens with two attached hydrogens (primary N) is 1. The van der Waals surface area contributed by atoms with Gasteiger partial charge in [0, 0.05) is 36.8 Å². The van der Waals surface area contributed by atoms with Crippen LogP contribution < -0.4 is 20.5 Å². The fraction of sp³-hybridized carbons (Fsp3) is 0.297. The van der Waals surface area contributed by atoms with Gasteiger partial charge in [-0.15, -0.1) is 0 Å². The van der Waals surface area contributed by atoms with Crippen molar-refractivity contribution in [2.24, 2.45) is 5.92 Å². The minimum Gasteiger partial charge on any atom is -0.488 e. The van der Waals surface area contributed by atoms with Crippen LogP contribution in [0, 0.1) is 12.8 Å². The van der Waals surface area contributed by atoms with E-state index in [1.165, 1.54) is 18.2 Å². The maximum Gasteiger partial charge on any atom is 0.261 e. The number of nitrogen functional groups attached to an aromatic ring is 1. The molecule has 1 aliphatic heterocycles. The highest BCUT2D eigenvalue weighted by atomic mass is 32.2. The Labute approximate surface area is 287 Å². The summed E-state index contributed by atoms with van der Waals surface area (Å²) in [6.45, 7) is 6.83. The normalized spacial score (nSPS) is 17.0. The second-order valence-electron chi connectivity index (χ2n) is 12.7. The number of carbonyl (C=O) groups excluding carboxylic acids is 2. The van der Waals surface area contributed by atoms with Gasteiger partial charge in [0.15, 0.2) is 0 Å². The summed E-state index contributed by atoms with van der Waals surface area (Å²) >= 11 is 0. The predicted molar refractivity (Wildman–Crippen MR) is 191 cm³/mol. The fourth-order valence-electron chi connectivity index (χ4n) is 5.69. The molecule has 4 aromatic rings. The predicted octanol–water partition coefficient (Wildman–Crippen LogP) is 4.98. The van der Waals surface area contributed by atoms with Crippen LogP contribution in [0.25, 0.3) is 0 Å². The van der Waals surface area contributed by atoms with Gasteiger partial charge in [-0.25, -0.2) is 8.42 Å². The number of anilines is 3. The number of aliphatic hydroxyl groups is 1. The van der Waals surface area contributed by atoms with E-state index in [9.17, 15) is 23.1 Å². The summed E-state index contributed by atoms with van der Waals surface area (Å²) in [7, 11) is -1.93. The molecule has 1 heterocycles. The highest BCUT2D eigenvalue weighted by Gasteiger charge is 2.34. The lowest BCUT2D eigenvalue weighted by molar-refractivity contribution is 0.0341. The van der Waals surface area contributed by atoms with Crippen molar-refractivity contribution in [2.45, 2.75) is 44.4 Å². The van der Waals surface area contributed by atoms with E-state index >= 15 is 0 Å². The standard InChI is InChI=1S/C37H43N5O6S/c1-24-9-16-30(17-10-24)49(46,47)40-29-15-18-34-31(19-29)37(45)42(26(3)23-43)20-25(2)35(48-34)22-41(4)21-27-11-13-28(14-12-27)36(44)39-33-8-6-5-7-32(33)38/h5-19,25-26,35,40,43H,20-23,38H2,1-4H3,(H,39,44)/t25-,26-,35+/m1/s1. The average Bonchev–Trinajstić information content (AvgIpc) is 3.07. The second kappa shape index (κ2) is 15.1. The topological polar surface area (TPSA) is 154 Å². The molecule has 2 amide bonds. The first-order valence-corrected chi connectivity index (χ1v) is 17.6. The van der Waals surface area contributed by atoms with Gasteiger partial charge in [0.25, 0.3) is 21.8 Å². The highest BCUT2D eigenvalue weighted by Crippen LogP contribution is 2.31. The molecule has 0 fully saturated rings. The number of carbonyl (C=O) groups is 2. The lowest BCUT2D eigenvalue weighted by Gasteiger charge is -2.38. The lowest BCUT2D eigenvalue weighted by Crippen LogP contribution is -2.49. The van der Waals surface area contributed by atoms with Gasteiger partial charge >= 0.3 is 0 Å². The van der Waals surface area contributed by atoms with E-state index < -0.39 is 16.1 Å². The molecule has 258 valence electrons. The van der Waals surface area contributed by atoms with Crippen molar-refractivity contribution >= 4 is 38.9 Å². The minimum absolute atomic E-state index is 0.107. The van der Waals surface area contributed by atoms with Gasteiger partial charge in [-0.1, -0.05) is 48.9 Å². The number of benzene rings is 4. The zero-order valence-corrected chi connectivity index (χ0v) is 28.9. The van der Waals surface area contributed by atoms with E-state index in [0.717, 1.165) is 11.1 Å². The molecule has 5 rings (SSSR count). The van der Waals surface area contributed by atoms with Gasteiger partial charge in [-0.3, -0.25) is 19.2 Å². The first-order valence-electron chi connectivity index (χ1n) is 16.1. The molecule has 5 N–H and O–H groups in total. The van der Waals surface area contributed by atoms with Gasteiger partial charge in [-0.2, -0.15) is 0 Å². The average molecular weight is 686 g/mol. The number of likely N-dealkylation sites (N-methyl/N-ethyl adjacent to an activating group) is 1. The van der Waals surface area contributed by atoms with Crippen LogP contribution in [-0.4, -0.2) is 74.0 Å². The molecule has 0 saturated heterocycles. The van der Waals surface area contributed by atoms with E-state index in [2.05, 4.69) is 14.9 Å². The number of fused-ring (bicyclic) bond motifs is 1. The van der Waals surface area contributed by atoms with E-state index in [4.69, 9.17) is 10.5 Å². The molecule has 0 saturated carbocycles. The molecule has 1 aliphatic rings. The van der Waals surface area contributed by atoms with Crippen LogP contribution in [0.5, 0.6) is 5.75 Å². The van der Waals surface area contributed by atoms with E-state index in [1.807, 2.05) is 39.1 Å². The minimum atomic E-state index is -3.90. The van der Waals surface area contributed by atoms with Crippen LogP contribution in [-0.2, 0) is 16.6 Å². The number of rotatable bonds is 11. The van der Waals surface area contributed by atoms with Crippen LogP contribution in [0.1, 0.15) is 45.7 Å². The van der Waals surface area contributed by atoms with E-state index in [1.54, 1.807) is 66.4 Å². The summed E-state index contributed by atoms with van der Waals surface area (Å²) in [6, 6.07) is 25.1. The quantitative estimate of drug-likeness (QED) is 0.161. The zero-order valence-electron chi connectivity index (χ0n) is 28.1. The number of aliphatic hydroxyl groups excluding tert-OH is 1. The Balaban J connectivity index is 1.32. The van der Waals surface area contributed by atoms with Gasteiger partial charge in [0.2, 0.25) is 0 Å². The first kappa shape index (κ1) is 35.4. The number of aryl methyl sites for hydroxylation is 1. The van der Waals surface area contributed by atoms with Crippen LogP contribution in [0.15, 0.2) is 95.9 Å². The van der Waals surface area contributed by atoms with Crippen molar-refractivity contribution in [3.63, 3.8) is 0 Å². The monoisotopic (exact) mass is 685 g/mol. The van der Waals surface area contributed by atoms with Crippen molar-refractivity contribution in [3.8, 4) is 5.75 Å². The third-order valence-corrected chi connectivity index (χ3v) is 10.0. The number of sulfonamides is 1. The molecule has 4 aromatic carbocycles. The molecule has 0 unspecified atom stereocenters. The van der Waals surface area contributed by atoms with Crippen molar-refractivity contribution in [3.05, 3.63) is 113 Å². The van der Waals surface area contributed by atoms with Gasteiger partial charge in [0.1, 0.15) is 11.9 Å². The number of hydrogen-bond acceptors (Lipinski definition) is 8. The van der Waals surface area contributed by atoms with Gasteiger partial charge in [0.05, 0.1) is 34.5 Å². The Hall–Kier alpha value is -4.91. The fourth-order valence-corrected chi connectivity index (χ4v) is 6.74. The van der Waals surface area contributed by atoms with Crippen LogP contribution >= 0.6 is 0 Å². The Kier molecular flexibility index (Phi) is 10.9. The second-order valence-corrected chi connectivity index (χ2v) is 14.4. The molecule has 0 spiro atoms. The number of nitrogens with zero attached hydrogens (tertiary/aromatic N) is 2. The molecule has 11 nitrogen and oxygen atoms in total. The van der Waals surface area contributed by atoms with Crippen LogP contribution in [0.3, 0.4) is 0 Å². The van der Waals surface area contributed by atoms with Crippen molar-refractivity contribution in [1.29, 1.82) is 0 Å². The molecule has 0 aliphatic carbocycles. The third kappa shape index (κ3) is 8.58. The maximum atomic E-state index is 13.8. The molecule has 0 bridgehead atoms. The Morgan fingerprint density at radius 3 is 2.43 bits per heavy atom. The third-order valence-electron chi connectivity index (χ3n) is 8.62. The first-order chi connectivity index (χ1) is 23.3. The SMILES string of the molecule is Cc1ccc(S(=O)(=O)Nc2ccc3c(c2)C(=O)N([C@H](C)CO)C[C@@H](C)[C@H](CN(C)Cc2ccc(C(=O)Nc4ccccc4N)cc2)O3)cc1. The Morgan fingerprint density at radius 1 is 1.06 bits per heavy atom. The Bertz CT molecular complexity index is 1900. The number of ether oxygens (including phenoxy) is 1. The van der Waals surface area contributed by atoms with Crippen molar-refractivity contribution in [2.75, 3.05) is 42.5 Å². The summed E-state index contributed by atoms with van der Waals surface area (Å²) in [5, 5.41) is 12.9. The molecule has 12 heteroatoms. The smallest absolute Gasteiger partial charge is 0.261 e. The summed E-state index contributed by atoms with van der Waals surface area (Å²) in [5.41, 5.74) is 9.86. The molecule has 0 aromatic heterocycles. The molecular weight excluding hydrogens is 643 g/mol. The maximum absolute atomic E-state index is 13.8. The van der Waals surface area contributed by atoms with Crippen molar-refractivity contribution in [1.82, 2.24) is 9.80 Å².